The predicted octanol–water partition coefficient (Wildman–Crippen LogP) is 2.76. The van der Waals surface area contributed by atoms with Gasteiger partial charge in [0.1, 0.15) is 5.75 Å². The van der Waals surface area contributed by atoms with Crippen LogP contribution in [-0.4, -0.2) is 44.9 Å². The molecule has 0 saturated heterocycles. The number of nitrogens with one attached hydrogen (secondary N) is 2. The first kappa shape index (κ1) is 21.5. The van der Waals surface area contributed by atoms with Gasteiger partial charge in [-0.05, 0) is 42.7 Å². The zero-order valence-electron chi connectivity index (χ0n) is 16.9. The van der Waals surface area contributed by atoms with E-state index in [1.165, 1.54) is 0 Å². The van der Waals surface area contributed by atoms with Crippen LogP contribution in [0.5, 0.6) is 11.6 Å². The van der Waals surface area contributed by atoms with Gasteiger partial charge in [-0.3, -0.25) is 0 Å². The molecule has 152 valence electrons. The van der Waals surface area contributed by atoms with Crippen molar-refractivity contribution in [1.82, 2.24) is 15.6 Å². The van der Waals surface area contributed by atoms with E-state index in [1.54, 1.807) is 20.4 Å². The second kappa shape index (κ2) is 12.6. The molecule has 1 heterocycles. The summed E-state index contributed by atoms with van der Waals surface area (Å²) in [5.41, 5.74) is 2.18. The van der Waals surface area contributed by atoms with Crippen molar-refractivity contribution in [2.24, 2.45) is 4.99 Å². The summed E-state index contributed by atoms with van der Waals surface area (Å²) in [5, 5.41) is 6.73. The van der Waals surface area contributed by atoms with E-state index in [0.29, 0.717) is 19.0 Å². The van der Waals surface area contributed by atoms with Gasteiger partial charge in [-0.2, -0.15) is 0 Å². The van der Waals surface area contributed by atoms with E-state index in [-0.39, 0.29) is 0 Å². The first-order valence-corrected chi connectivity index (χ1v) is 9.47. The number of guanidine groups is 1. The van der Waals surface area contributed by atoms with Crippen molar-refractivity contribution in [3.05, 3.63) is 53.7 Å². The van der Waals surface area contributed by atoms with Crippen LogP contribution in [0.25, 0.3) is 0 Å². The molecule has 0 fully saturated rings. The molecule has 0 bridgehead atoms. The van der Waals surface area contributed by atoms with E-state index in [9.17, 15) is 0 Å². The molecule has 0 atom stereocenters. The molecule has 0 unspecified atom stereocenters. The second-order valence-corrected chi connectivity index (χ2v) is 6.05. The van der Waals surface area contributed by atoms with Gasteiger partial charge < -0.3 is 24.8 Å². The fourth-order valence-corrected chi connectivity index (χ4v) is 2.46. The van der Waals surface area contributed by atoms with Gasteiger partial charge in [-0.15, -0.1) is 0 Å². The number of hydrogen-bond donors (Lipinski definition) is 2. The third-order valence-corrected chi connectivity index (χ3v) is 4.01. The number of methoxy groups -OCH3 is 2. The van der Waals surface area contributed by atoms with E-state index < -0.39 is 0 Å². The van der Waals surface area contributed by atoms with Crippen molar-refractivity contribution in [2.75, 3.05) is 34.0 Å². The Hall–Kier alpha value is -2.80. The predicted molar refractivity (Wildman–Crippen MR) is 111 cm³/mol. The molecule has 0 aliphatic carbocycles. The summed E-state index contributed by atoms with van der Waals surface area (Å²) in [6, 6.07) is 11.8. The largest absolute Gasteiger partial charge is 0.497 e. The van der Waals surface area contributed by atoms with Crippen LogP contribution in [0.4, 0.5) is 0 Å². The number of aromatic nitrogens is 1. The van der Waals surface area contributed by atoms with Gasteiger partial charge in [0.05, 0.1) is 20.8 Å². The van der Waals surface area contributed by atoms with Crippen molar-refractivity contribution < 1.29 is 14.2 Å². The van der Waals surface area contributed by atoms with Crippen LogP contribution in [0.2, 0.25) is 0 Å². The Labute approximate surface area is 167 Å². The number of nitrogens with zero attached hydrogens (tertiary/aromatic N) is 2. The zero-order valence-corrected chi connectivity index (χ0v) is 16.9. The number of ether oxygens (including phenoxy) is 3. The Morgan fingerprint density at radius 2 is 1.86 bits per heavy atom. The van der Waals surface area contributed by atoms with Crippen LogP contribution in [0.3, 0.4) is 0 Å². The Kier molecular flexibility index (Phi) is 9.65. The topological polar surface area (TPSA) is 77.0 Å². The average Bonchev–Trinajstić information content (AvgIpc) is 2.75. The lowest BCUT2D eigenvalue weighted by Crippen LogP contribution is -2.37. The van der Waals surface area contributed by atoms with Crippen molar-refractivity contribution in [3.63, 3.8) is 0 Å². The lowest BCUT2D eigenvalue weighted by Gasteiger charge is -2.13. The second-order valence-electron chi connectivity index (χ2n) is 6.05. The van der Waals surface area contributed by atoms with E-state index in [2.05, 4.69) is 20.6 Å². The molecule has 7 nitrogen and oxygen atoms in total. The molecule has 0 radical (unpaired) electrons. The van der Waals surface area contributed by atoms with E-state index in [0.717, 1.165) is 49.0 Å². The minimum atomic E-state index is 0.530. The van der Waals surface area contributed by atoms with Gasteiger partial charge in [0, 0.05) is 38.6 Å². The van der Waals surface area contributed by atoms with E-state index >= 15 is 0 Å². The van der Waals surface area contributed by atoms with Crippen LogP contribution in [0.15, 0.2) is 47.6 Å². The molecule has 1 aromatic heterocycles. The van der Waals surface area contributed by atoms with Gasteiger partial charge in [0.15, 0.2) is 5.96 Å². The Morgan fingerprint density at radius 1 is 1.04 bits per heavy atom. The highest BCUT2D eigenvalue weighted by atomic mass is 16.5. The standard InChI is InChI=1S/C21H30N4O3/c1-4-28-13-5-11-23-21(24-15-17-6-8-19(26-2)9-7-17)25-16-18-10-12-22-20(14-18)27-3/h6-10,12,14H,4-5,11,13,15-16H2,1-3H3,(H2,23,24,25). The Morgan fingerprint density at radius 3 is 2.57 bits per heavy atom. The maximum atomic E-state index is 5.39. The van der Waals surface area contributed by atoms with Gasteiger partial charge in [0.25, 0.3) is 0 Å². The minimum absolute atomic E-state index is 0.530. The molecule has 0 amide bonds. The number of hydrogen-bond acceptors (Lipinski definition) is 5. The molecule has 0 spiro atoms. The van der Waals surface area contributed by atoms with Gasteiger partial charge in [-0.25, -0.2) is 9.98 Å². The smallest absolute Gasteiger partial charge is 0.213 e. The lowest BCUT2D eigenvalue weighted by molar-refractivity contribution is 0.145. The third-order valence-electron chi connectivity index (χ3n) is 4.01. The highest BCUT2D eigenvalue weighted by Gasteiger charge is 2.02. The van der Waals surface area contributed by atoms with Crippen LogP contribution < -0.4 is 20.1 Å². The number of pyridine rings is 1. The summed E-state index contributed by atoms with van der Waals surface area (Å²) >= 11 is 0. The molecule has 7 heteroatoms. The van der Waals surface area contributed by atoms with Crippen molar-refractivity contribution in [2.45, 2.75) is 26.4 Å². The fourth-order valence-electron chi connectivity index (χ4n) is 2.46. The lowest BCUT2D eigenvalue weighted by atomic mass is 10.2. The monoisotopic (exact) mass is 386 g/mol. The van der Waals surface area contributed by atoms with Gasteiger partial charge in [-0.1, -0.05) is 12.1 Å². The van der Waals surface area contributed by atoms with Crippen LogP contribution in [-0.2, 0) is 17.8 Å². The van der Waals surface area contributed by atoms with Crippen molar-refractivity contribution in [3.8, 4) is 11.6 Å². The summed E-state index contributed by atoms with van der Waals surface area (Å²) in [5.74, 6) is 2.19. The van der Waals surface area contributed by atoms with Crippen LogP contribution in [0.1, 0.15) is 24.5 Å². The van der Waals surface area contributed by atoms with E-state index in [1.807, 2.05) is 43.3 Å². The summed E-state index contributed by atoms with van der Waals surface area (Å²) in [6.07, 6.45) is 2.64. The summed E-state index contributed by atoms with van der Waals surface area (Å²) in [4.78, 5) is 8.81. The quantitative estimate of drug-likeness (QED) is 0.351. The van der Waals surface area contributed by atoms with Crippen LogP contribution in [0, 0.1) is 0 Å². The number of rotatable bonds is 11. The third kappa shape index (κ3) is 7.84. The molecule has 1 aromatic carbocycles. The maximum Gasteiger partial charge on any atom is 0.213 e. The molecule has 2 aromatic rings. The fraction of sp³-hybridized carbons (Fsp3) is 0.429. The highest BCUT2D eigenvalue weighted by molar-refractivity contribution is 5.79. The molecule has 2 rings (SSSR count). The van der Waals surface area contributed by atoms with Crippen LogP contribution >= 0.6 is 0 Å². The van der Waals surface area contributed by atoms with E-state index in [4.69, 9.17) is 14.2 Å². The average molecular weight is 386 g/mol. The summed E-state index contributed by atoms with van der Waals surface area (Å²) in [6.45, 7) is 5.45. The molecule has 0 aliphatic heterocycles. The molecule has 28 heavy (non-hydrogen) atoms. The maximum absolute atomic E-state index is 5.39. The van der Waals surface area contributed by atoms with Crippen molar-refractivity contribution in [1.29, 1.82) is 0 Å². The zero-order chi connectivity index (χ0) is 20.0. The summed E-state index contributed by atoms with van der Waals surface area (Å²) in [7, 11) is 3.27. The normalized spacial score (nSPS) is 11.2. The minimum Gasteiger partial charge on any atom is -0.497 e. The first-order chi connectivity index (χ1) is 13.7. The van der Waals surface area contributed by atoms with Gasteiger partial charge in [0.2, 0.25) is 5.88 Å². The van der Waals surface area contributed by atoms with Crippen molar-refractivity contribution >= 4 is 5.96 Å². The Balaban J connectivity index is 1.95. The highest BCUT2D eigenvalue weighted by Crippen LogP contribution is 2.11. The molecular formula is C21H30N4O3. The molecule has 0 saturated carbocycles. The molecule has 0 aliphatic rings. The number of benzene rings is 1. The van der Waals surface area contributed by atoms with Gasteiger partial charge >= 0.3 is 0 Å². The summed E-state index contributed by atoms with van der Waals surface area (Å²) < 4.78 is 15.8. The Bertz CT molecular complexity index is 720. The first-order valence-electron chi connectivity index (χ1n) is 9.47. The SMILES string of the molecule is CCOCCCNC(=NCc1ccnc(OC)c1)NCc1ccc(OC)cc1. The molecular weight excluding hydrogens is 356 g/mol. The molecule has 2 N–H and O–H groups in total. The number of aliphatic imine (C=N–C) groups is 1.